The van der Waals surface area contributed by atoms with E-state index in [0.717, 1.165) is 19.8 Å². The smallest absolute Gasteiger partial charge is 0.408 e. The number of rotatable bonds is 5. The molecule has 3 N–H and O–H groups in total. The Labute approximate surface area is 162 Å². The van der Waals surface area contributed by atoms with Gasteiger partial charge in [-0.05, 0) is 34.6 Å². The quantitative estimate of drug-likeness (QED) is 0.335. The van der Waals surface area contributed by atoms with Gasteiger partial charge >= 0.3 is 6.09 Å². The van der Waals surface area contributed by atoms with Crippen molar-refractivity contribution in [2.24, 2.45) is 10.4 Å². The summed E-state index contributed by atoms with van der Waals surface area (Å²) in [5.74, 6) is 0.706. The fraction of sp³-hybridized carbons (Fsp3) is 0.875. The van der Waals surface area contributed by atoms with Gasteiger partial charge in [0.25, 0.3) is 0 Å². The standard InChI is InChI=1S/C16H32N4O3.HI/c1-14(2,3)23-13(21)20-15(4,5)8-18-12(17-7)19-9-16(6)10-22-11-16;/h8-11H2,1-7H3,(H,20,21)(H2,17,18,19);1H. The molecule has 142 valence electrons. The summed E-state index contributed by atoms with van der Waals surface area (Å²) < 4.78 is 10.5. The number of carbonyl (C=O) groups is 1. The molecule has 0 spiro atoms. The predicted octanol–water partition coefficient (Wildman–Crippen LogP) is 2.11. The third-order valence-electron chi connectivity index (χ3n) is 3.34. The zero-order chi connectivity index (χ0) is 17.7. The van der Waals surface area contributed by atoms with Crippen LogP contribution in [-0.2, 0) is 9.47 Å². The summed E-state index contributed by atoms with van der Waals surface area (Å²) in [6, 6.07) is 0. The molecule has 1 amide bonds. The lowest BCUT2D eigenvalue weighted by Gasteiger charge is -2.38. The van der Waals surface area contributed by atoms with Gasteiger partial charge in [0.15, 0.2) is 5.96 Å². The third-order valence-corrected chi connectivity index (χ3v) is 3.34. The molecule has 0 radical (unpaired) electrons. The number of guanidine groups is 1. The molecule has 0 aromatic carbocycles. The van der Waals surface area contributed by atoms with Gasteiger partial charge in [-0.2, -0.15) is 0 Å². The summed E-state index contributed by atoms with van der Waals surface area (Å²) in [7, 11) is 1.73. The molecular weight excluding hydrogens is 423 g/mol. The van der Waals surface area contributed by atoms with Crippen LogP contribution in [0, 0.1) is 5.41 Å². The maximum atomic E-state index is 11.9. The number of hydrogen-bond donors (Lipinski definition) is 3. The SMILES string of the molecule is CN=C(NCC1(C)COC1)NCC(C)(C)NC(=O)OC(C)(C)C.I. The first-order chi connectivity index (χ1) is 10.4. The van der Waals surface area contributed by atoms with Gasteiger partial charge in [-0.1, -0.05) is 6.92 Å². The lowest BCUT2D eigenvalue weighted by Crippen LogP contribution is -2.56. The summed E-state index contributed by atoms with van der Waals surface area (Å²) in [6.07, 6.45) is -0.425. The number of carbonyl (C=O) groups excluding carboxylic acids is 1. The Morgan fingerprint density at radius 2 is 1.79 bits per heavy atom. The average molecular weight is 456 g/mol. The molecule has 1 aliphatic rings. The van der Waals surface area contributed by atoms with E-state index in [-0.39, 0.29) is 29.4 Å². The molecule has 8 heteroatoms. The first-order valence-electron chi connectivity index (χ1n) is 7.98. The minimum absolute atomic E-state index is 0. The highest BCUT2D eigenvalue weighted by Crippen LogP contribution is 2.24. The van der Waals surface area contributed by atoms with E-state index < -0.39 is 17.2 Å². The highest BCUT2D eigenvalue weighted by Gasteiger charge is 2.33. The number of amides is 1. The fourth-order valence-electron chi connectivity index (χ4n) is 2.00. The first kappa shape index (κ1) is 23.2. The average Bonchev–Trinajstić information content (AvgIpc) is 2.33. The zero-order valence-corrected chi connectivity index (χ0v) is 18.2. The molecule has 0 aromatic heterocycles. The second kappa shape index (κ2) is 9.07. The highest BCUT2D eigenvalue weighted by molar-refractivity contribution is 14.0. The normalized spacial score (nSPS) is 17.2. The maximum Gasteiger partial charge on any atom is 0.408 e. The molecule has 0 saturated carbocycles. The van der Waals surface area contributed by atoms with Gasteiger partial charge in [-0.25, -0.2) is 4.79 Å². The van der Waals surface area contributed by atoms with Crippen LogP contribution in [-0.4, -0.2) is 56.5 Å². The Morgan fingerprint density at radius 3 is 2.21 bits per heavy atom. The van der Waals surface area contributed by atoms with Crippen molar-refractivity contribution in [2.45, 2.75) is 52.7 Å². The lowest BCUT2D eigenvalue weighted by atomic mass is 9.89. The molecule has 0 atom stereocenters. The second-order valence-electron chi connectivity index (χ2n) is 8.09. The molecule has 1 saturated heterocycles. The van der Waals surface area contributed by atoms with E-state index in [1.807, 2.05) is 34.6 Å². The number of ether oxygens (including phenoxy) is 2. The molecule has 1 fully saturated rings. The van der Waals surface area contributed by atoms with Crippen molar-refractivity contribution in [3.63, 3.8) is 0 Å². The highest BCUT2D eigenvalue weighted by atomic mass is 127. The van der Waals surface area contributed by atoms with E-state index in [2.05, 4.69) is 27.9 Å². The van der Waals surface area contributed by atoms with Crippen LogP contribution in [0.25, 0.3) is 0 Å². The fourth-order valence-corrected chi connectivity index (χ4v) is 2.00. The molecule has 0 bridgehead atoms. The van der Waals surface area contributed by atoms with Gasteiger partial charge in [0.2, 0.25) is 0 Å². The topological polar surface area (TPSA) is 84.0 Å². The van der Waals surface area contributed by atoms with Crippen LogP contribution >= 0.6 is 24.0 Å². The van der Waals surface area contributed by atoms with Crippen LogP contribution in [0.1, 0.15) is 41.5 Å². The number of nitrogens with one attached hydrogen (secondary N) is 3. The van der Waals surface area contributed by atoms with E-state index in [1.54, 1.807) is 7.05 Å². The van der Waals surface area contributed by atoms with Crippen LogP contribution in [0.2, 0.25) is 0 Å². The zero-order valence-electron chi connectivity index (χ0n) is 15.9. The van der Waals surface area contributed by atoms with Gasteiger partial charge in [0.05, 0.1) is 18.8 Å². The number of halogens is 1. The van der Waals surface area contributed by atoms with Gasteiger partial charge in [-0.15, -0.1) is 24.0 Å². The van der Waals surface area contributed by atoms with E-state index in [0.29, 0.717) is 12.5 Å². The Hall–Kier alpha value is -0.770. The molecule has 0 aromatic rings. The number of nitrogens with zero attached hydrogens (tertiary/aromatic N) is 1. The molecule has 1 heterocycles. The lowest BCUT2D eigenvalue weighted by molar-refractivity contribution is -0.0971. The van der Waals surface area contributed by atoms with Crippen LogP contribution in [0.5, 0.6) is 0 Å². The second-order valence-corrected chi connectivity index (χ2v) is 8.09. The molecule has 1 aliphatic heterocycles. The Bertz CT molecular complexity index is 443. The van der Waals surface area contributed by atoms with Crippen molar-refractivity contribution in [3.8, 4) is 0 Å². The third kappa shape index (κ3) is 8.91. The molecular formula is C16H33IN4O3. The van der Waals surface area contributed by atoms with Crippen LogP contribution in [0.3, 0.4) is 0 Å². The largest absolute Gasteiger partial charge is 0.444 e. The maximum absolute atomic E-state index is 11.9. The Morgan fingerprint density at radius 1 is 1.21 bits per heavy atom. The van der Waals surface area contributed by atoms with Crippen LogP contribution in [0.4, 0.5) is 4.79 Å². The summed E-state index contributed by atoms with van der Waals surface area (Å²) >= 11 is 0. The van der Waals surface area contributed by atoms with Crippen molar-refractivity contribution >= 4 is 36.0 Å². The van der Waals surface area contributed by atoms with Crippen molar-refractivity contribution in [1.82, 2.24) is 16.0 Å². The summed E-state index contributed by atoms with van der Waals surface area (Å²) in [5.41, 5.74) is -0.809. The van der Waals surface area contributed by atoms with E-state index in [1.165, 1.54) is 0 Å². The Balaban J connectivity index is 0.00000529. The van der Waals surface area contributed by atoms with Crippen molar-refractivity contribution in [1.29, 1.82) is 0 Å². The van der Waals surface area contributed by atoms with Crippen molar-refractivity contribution < 1.29 is 14.3 Å². The monoisotopic (exact) mass is 456 g/mol. The van der Waals surface area contributed by atoms with Gasteiger partial charge in [0.1, 0.15) is 5.60 Å². The molecule has 0 unspecified atom stereocenters. The van der Waals surface area contributed by atoms with E-state index in [4.69, 9.17) is 9.47 Å². The molecule has 7 nitrogen and oxygen atoms in total. The molecule has 1 rings (SSSR count). The molecule has 0 aliphatic carbocycles. The van der Waals surface area contributed by atoms with E-state index in [9.17, 15) is 4.79 Å². The minimum Gasteiger partial charge on any atom is -0.444 e. The van der Waals surface area contributed by atoms with Crippen LogP contribution < -0.4 is 16.0 Å². The minimum atomic E-state index is -0.508. The molecule has 24 heavy (non-hydrogen) atoms. The predicted molar refractivity (Wildman–Crippen MR) is 107 cm³/mol. The van der Waals surface area contributed by atoms with Gasteiger partial charge in [-0.3, -0.25) is 4.99 Å². The number of hydrogen-bond acceptors (Lipinski definition) is 4. The van der Waals surface area contributed by atoms with Gasteiger partial charge in [0, 0.05) is 25.6 Å². The summed E-state index contributed by atoms with van der Waals surface area (Å²) in [4.78, 5) is 16.1. The van der Waals surface area contributed by atoms with Crippen LogP contribution in [0.15, 0.2) is 4.99 Å². The summed E-state index contributed by atoms with van der Waals surface area (Å²) in [5, 5.41) is 9.38. The van der Waals surface area contributed by atoms with E-state index >= 15 is 0 Å². The van der Waals surface area contributed by atoms with Gasteiger partial charge < -0.3 is 25.4 Å². The first-order valence-corrected chi connectivity index (χ1v) is 7.98. The number of aliphatic imine (C=N–C) groups is 1. The van der Waals surface area contributed by atoms with Crippen molar-refractivity contribution in [2.75, 3.05) is 33.4 Å². The summed E-state index contributed by atoms with van der Waals surface area (Å²) in [6.45, 7) is 14.4. The Kier molecular flexibility index (Phi) is 8.78. The number of alkyl carbamates (subject to hydrolysis) is 1. The van der Waals surface area contributed by atoms with Crippen molar-refractivity contribution in [3.05, 3.63) is 0 Å².